The third kappa shape index (κ3) is 6.87. The van der Waals surface area contributed by atoms with E-state index in [2.05, 4.69) is 15.8 Å². The lowest BCUT2D eigenvalue weighted by Crippen LogP contribution is -2.32. The molecule has 3 rings (SSSR count). The van der Waals surface area contributed by atoms with Crippen LogP contribution in [0.15, 0.2) is 65.8 Å². The number of halogens is 2. The number of hydrogen-bond acceptors (Lipinski definition) is 6. The molecule has 176 valence electrons. The Bertz CT molecular complexity index is 1200. The number of carbonyl (C=O) groups excluding carboxylic acids is 2. The van der Waals surface area contributed by atoms with Crippen LogP contribution >= 0.6 is 23.2 Å². The molecule has 0 aromatic heterocycles. The Hall–Kier alpha value is -3.75. The second kappa shape index (κ2) is 11.9. The van der Waals surface area contributed by atoms with Crippen LogP contribution in [0.5, 0.6) is 17.2 Å². The van der Waals surface area contributed by atoms with Crippen molar-refractivity contribution in [2.24, 2.45) is 5.10 Å². The molecule has 0 spiro atoms. The zero-order valence-corrected chi connectivity index (χ0v) is 19.8. The normalized spacial score (nSPS) is 10.6. The number of rotatable bonds is 8. The largest absolute Gasteiger partial charge is 0.497 e. The summed E-state index contributed by atoms with van der Waals surface area (Å²) >= 11 is 12.0. The number of hydrazone groups is 1. The Kier molecular flexibility index (Phi) is 8.73. The van der Waals surface area contributed by atoms with Gasteiger partial charge in [-0.05, 0) is 54.1 Å². The van der Waals surface area contributed by atoms with E-state index in [0.717, 1.165) is 5.56 Å². The molecule has 10 heteroatoms. The second-order valence-corrected chi connectivity index (χ2v) is 7.66. The van der Waals surface area contributed by atoms with Crippen LogP contribution in [-0.4, -0.2) is 32.2 Å². The average molecular weight is 502 g/mol. The Labute approximate surface area is 206 Å². The zero-order chi connectivity index (χ0) is 24.5. The molecule has 0 unspecified atom stereocenters. The molecule has 0 aliphatic rings. The van der Waals surface area contributed by atoms with Gasteiger partial charge in [-0.1, -0.05) is 29.3 Å². The standard InChI is InChI=1S/C24H21Cl2N3O5/c1-32-19-9-10-21(22(12-19)33-2)28-23(30)24(31)29-27-13-15-3-7-18(8-4-15)34-14-16-5-6-17(25)11-20(16)26/h3-13H,14H2,1-2H3,(H,28,30)(H,29,31)/b27-13+. The minimum atomic E-state index is -0.936. The Morgan fingerprint density at radius 1 is 0.912 bits per heavy atom. The molecule has 3 aromatic carbocycles. The molecule has 0 saturated carbocycles. The quantitative estimate of drug-likeness (QED) is 0.265. The van der Waals surface area contributed by atoms with E-state index in [9.17, 15) is 9.59 Å². The first-order valence-corrected chi connectivity index (χ1v) is 10.7. The van der Waals surface area contributed by atoms with Crippen LogP contribution in [0.2, 0.25) is 10.0 Å². The van der Waals surface area contributed by atoms with Gasteiger partial charge in [0.05, 0.1) is 26.1 Å². The van der Waals surface area contributed by atoms with Crippen LogP contribution in [-0.2, 0) is 16.2 Å². The van der Waals surface area contributed by atoms with Crippen LogP contribution < -0.4 is 25.0 Å². The highest BCUT2D eigenvalue weighted by Gasteiger charge is 2.15. The van der Waals surface area contributed by atoms with Gasteiger partial charge in [-0.15, -0.1) is 0 Å². The molecule has 0 atom stereocenters. The van der Waals surface area contributed by atoms with E-state index in [1.54, 1.807) is 60.7 Å². The van der Waals surface area contributed by atoms with Gasteiger partial charge in [-0.2, -0.15) is 5.10 Å². The van der Waals surface area contributed by atoms with Gasteiger partial charge >= 0.3 is 11.8 Å². The summed E-state index contributed by atoms with van der Waals surface area (Å²) < 4.78 is 16.0. The number of nitrogens with zero attached hydrogens (tertiary/aromatic N) is 1. The first kappa shape index (κ1) is 24.9. The molecule has 0 saturated heterocycles. The Morgan fingerprint density at radius 3 is 2.32 bits per heavy atom. The van der Waals surface area contributed by atoms with Crippen molar-refractivity contribution in [1.82, 2.24) is 5.43 Å². The van der Waals surface area contributed by atoms with E-state index in [-0.39, 0.29) is 6.61 Å². The molecule has 0 aliphatic heterocycles. The van der Waals surface area contributed by atoms with Crippen molar-refractivity contribution in [1.29, 1.82) is 0 Å². The SMILES string of the molecule is COc1ccc(NC(=O)C(=O)N/N=C/c2ccc(OCc3ccc(Cl)cc3Cl)cc2)c(OC)c1. The summed E-state index contributed by atoms with van der Waals surface area (Å²) in [6.45, 7) is 0.285. The zero-order valence-electron chi connectivity index (χ0n) is 18.3. The van der Waals surface area contributed by atoms with E-state index in [1.165, 1.54) is 20.4 Å². The van der Waals surface area contributed by atoms with Crippen LogP contribution in [0.4, 0.5) is 5.69 Å². The average Bonchev–Trinajstić information content (AvgIpc) is 2.84. The van der Waals surface area contributed by atoms with Gasteiger partial charge in [0.25, 0.3) is 0 Å². The van der Waals surface area contributed by atoms with Gasteiger partial charge in [0.1, 0.15) is 23.9 Å². The van der Waals surface area contributed by atoms with Gasteiger partial charge in [0, 0.05) is 21.7 Å². The molecular weight excluding hydrogens is 481 g/mol. The van der Waals surface area contributed by atoms with Crippen molar-refractivity contribution in [2.45, 2.75) is 6.61 Å². The molecule has 3 aromatic rings. The monoisotopic (exact) mass is 501 g/mol. The second-order valence-electron chi connectivity index (χ2n) is 6.81. The number of anilines is 1. The molecule has 34 heavy (non-hydrogen) atoms. The topological polar surface area (TPSA) is 98.2 Å². The van der Waals surface area contributed by atoms with Gasteiger partial charge < -0.3 is 19.5 Å². The summed E-state index contributed by atoms with van der Waals surface area (Å²) in [6, 6.07) is 17.0. The number of benzene rings is 3. The summed E-state index contributed by atoms with van der Waals surface area (Å²) in [5.74, 6) is -0.307. The predicted octanol–water partition coefficient (Wildman–Crippen LogP) is 4.68. The molecule has 0 radical (unpaired) electrons. The summed E-state index contributed by atoms with van der Waals surface area (Å²) in [7, 11) is 2.95. The summed E-state index contributed by atoms with van der Waals surface area (Å²) in [4.78, 5) is 24.2. The van der Waals surface area contributed by atoms with E-state index in [0.29, 0.717) is 38.5 Å². The Balaban J connectivity index is 1.50. The number of hydrogen-bond donors (Lipinski definition) is 2. The first-order valence-electron chi connectivity index (χ1n) is 9.93. The van der Waals surface area contributed by atoms with Crippen molar-refractivity contribution < 1.29 is 23.8 Å². The summed E-state index contributed by atoms with van der Waals surface area (Å²) in [5.41, 5.74) is 4.00. The van der Waals surface area contributed by atoms with Gasteiger partial charge in [-0.25, -0.2) is 5.43 Å². The Morgan fingerprint density at radius 2 is 1.65 bits per heavy atom. The van der Waals surface area contributed by atoms with Gasteiger partial charge in [0.2, 0.25) is 0 Å². The molecule has 0 heterocycles. The van der Waals surface area contributed by atoms with Crippen molar-refractivity contribution in [2.75, 3.05) is 19.5 Å². The number of methoxy groups -OCH3 is 2. The minimum Gasteiger partial charge on any atom is -0.497 e. The molecule has 0 fully saturated rings. The summed E-state index contributed by atoms with van der Waals surface area (Å²) in [5, 5.41) is 7.36. The van der Waals surface area contributed by atoms with Crippen LogP contribution in [0, 0.1) is 0 Å². The molecular formula is C24H21Cl2N3O5. The maximum atomic E-state index is 12.1. The number of amides is 2. The van der Waals surface area contributed by atoms with E-state index in [1.807, 2.05) is 0 Å². The number of nitrogens with one attached hydrogen (secondary N) is 2. The van der Waals surface area contributed by atoms with Crippen LogP contribution in [0.3, 0.4) is 0 Å². The van der Waals surface area contributed by atoms with Crippen molar-refractivity contribution in [3.8, 4) is 17.2 Å². The van der Waals surface area contributed by atoms with Gasteiger partial charge in [0.15, 0.2) is 0 Å². The van der Waals surface area contributed by atoms with Crippen LogP contribution in [0.1, 0.15) is 11.1 Å². The van der Waals surface area contributed by atoms with Crippen LogP contribution in [0.25, 0.3) is 0 Å². The molecule has 8 nitrogen and oxygen atoms in total. The first-order chi connectivity index (χ1) is 16.4. The third-order valence-corrected chi connectivity index (χ3v) is 5.12. The summed E-state index contributed by atoms with van der Waals surface area (Å²) in [6.07, 6.45) is 1.40. The molecule has 0 aliphatic carbocycles. The van der Waals surface area contributed by atoms with E-state index >= 15 is 0 Å². The lowest BCUT2D eigenvalue weighted by Gasteiger charge is -2.10. The number of ether oxygens (including phenoxy) is 3. The fourth-order valence-corrected chi connectivity index (χ4v) is 3.21. The van der Waals surface area contributed by atoms with Crippen molar-refractivity contribution in [3.05, 3.63) is 81.8 Å². The van der Waals surface area contributed by atoms with Gasteiger partial charge in [-0.3, -0.25) is 9.59 Å². The van der Waals surface area contributed by atoms with Crippen molar-refractivity contribution >= 4 is 46.9 Å². The lowest BCUT2D eigenvalue weighted by atomic mass is 10.2. The maximum Gasteiger partial charge on any atom is 0.329 e. The molecule has 0 bridgehead atoms. The fourth-order valence-electron chi connectivity index (χ4n) is 2.75. The lowest BCUT2D eigenvalue weighted by molar-refractivity contribution is -0.136. The van der Waals surface area contributed by atoms with E-state index in [4.69, 9.17) is 37.4 Å². The van der Waals surface area contributed by atoms with Crippen molar-refractivity contribution in [3.63, 3.8) is 0 Å². The predicted molar refractivity (Wildman–Crippen MR) is 131 cm³/mol. The fraction of sp³-hybridized carbons (Fsp3) is 0.125. The maximum absolute atomic E-state index is 12.1. The highest BCUT2D eigenvalue weighted by Crippen LogP contribution is 2.29. The highest BCUT2D eigenvalue weighted by atomic mass is 35.5. The van der Waals surface area contributed by atoms with E-state index < -0.39 is 11.8 Å². The smallest absolute Gasteiger partial charge is 0.329 e. The number of carbonyl (C=O) groups is 2. The highest BCUT2D eigenvalue weighted by molar-refractivity contribution is 6.39. The third-order valence-electron chi connectivity index (χ3n) is 4.53. The minimum absolute atomic E-state index is 0.285. The molecule has 2 N–H and O–H groups in total. The molecule has 2 amide bonds.